The predicted molar refractivity (Wildman–Crippen MR) is 106 cm³/mol. The van der Waals surface area contributed by atoms with Crippen LogP contribution in [0.3, 0.4) is 0 Å². The van der Waals surface area contributed by atoms with Gasteiger partial charge in [-0.15, -0.1) is 0 Å². The van der Waals surface area contributed by atoms with Gasteiger partial charge in [0.1, 0.15) is 5.69 Å². The van der Waals surface area contributed by atoms with Gasteiger partial charge >= 0.3 is 0 Å². The average molecular weight is 368 g/mol. The van der Waals surface area contributed by atoms with Crippen LogP contribution < -0.4 is 10.6 Å². The Hall–Kier alpha value is -2.63. The molecule has 0 aliphatic carbocycles. The first-order chi connectivity index (χ1) is 13.0. The van der Waals surface area contributed by atoms with Gasteiger partial charge in [-0.1, -0.05) is 32.0 Å². The highest BCUT2D eigenvalue weighted by atomic mass is 16.2. The van der Waals surface area contributed by atoms with E-state index in [-0.39, 0.29) is 17.9 Å². The van der Waals surface area contributed by atoms with E-state index < -0.39 is 0 Å². The zero-order chi connectivity index (χ0) is 19.4. The third-order valence-electron chi connectivity index (χ3n) is 5.17. The lowest BCUT2D eigenvalue weighted by Gasteiger charge is -2.18. The van der Waals surface area contributed by atoms with Crippen LogP contribution in [0.15, 0.2) is 24.3 Å². The molecule has 1 atom stereocenters. The Labute approximate surface area is 160 Å². The molecule has 0 saturated heterocycles. The summed E-state index contributed by atoms with van der Waals surface area (Å²) in [6, 6.07) is 7.84. The number of aromatic nitrogens is 2. The van der Waals surface area contributed by atoms with Gasteiger partial charge in [-0.05, 0) is 50.7 Å². The largest absolute Gasteiger partial charge is 0.348 e. The molecule has 0 radical (unpaired) electrons. The summed E-state index contributed by atoms with van der Waals surface area (Å²) in [4.78, 5) is 30.1. The van der Waals surface area contributed by atoms with E-state index in [4.69, 9.17) is 0 Å². The summed E-state index contributed by atoms with van der Waals surface area (Å²) in [7, 11) is 0. The van der Waals surface area contributed by atoms with Gasteiger partial charge in [0.2, 0.25) is 0 Å². The van der Waals surface area contributed by atoms with E-state index in [0.29, 0.717) is 11.5 Å². The summed E-state index contributed by atoms with van der Waals surface area (Å²) in [5.41, 5.74) is 3.13. The van der Waals surface area contributed by atoms with Crippen LogP contribution in [-0.4, -0.2) is 27.4 Å². The van der Waals surface area contributed by atoms with E-state index in [0.717, 1.165) is 55.6 Å². The van der Waals surface area contributed by atoms with Crippen LogP contribution in [0.4, 0.5) is 5.69 Å². The maximum Gasteiger partial charge on any atom is 0.291 e. The molecule has 0 saturated carbocycles. The number of imidazole rings is 1. The molecule has 27 heavy (non-hydrogen) atoms. The molecule has 0 fully saturated rings. The number of rotatable bonds is 6. The van der Waals surface area contributed by atoms with Crippen molar-refractivity contribution in [1.82, 2.24) is 14.9 Å². The Morgan fingerprint density at radius 2 is 1.96 bits per heavy atom. The van der Waals surface area contributed by atoms with Gasteiger partial charge in [0.05, 0.1) is 5.69 Å². The lowest BCUT2D eigenvalue weighted by atomic mass is 10.1. The number of benzene rings is 1. The Kier molecular flexibility index (Phi) is 5.94. The summed E-state index contributed by atoms with van der Waals surface area (Å²) < 4.78 is 1.92. The highest BCUT2D eigenvalue weighted by Crippen LogP contribution is 2.23. The number of hydrogen-bond donors (Lipinski definition) is 2. The number of nitrogens with zero attached hydrogens (tertiary/aromatic N) is 2. The summed E-state index contributed by atoms with van der Waals surface area (Å²) in [6.45, 7) is 6.77. The molecule has 0 bridgehead atoms. The predicted octanol–water partition coefficient (Wildman–Crippen LogP) is 3.56. The van der Waals surface area contributed by atoms with Crippen molar-refractivity contribution in [3.8, 4) is 0 Å². The Morgan fingerprint density at radius 3 is 2.70 bits per heavy atom. The van der Waals surface area contributed by atoms with Crippen molar-refractivity contribution in [1.29, 1.82) is 0 Å². The number of carbonyl (C=O) groups is 2. The molecule has 1 aliphatic rings. The molecular formula is C21H28N4O2. The highest BCUT2D eigenvalue weighted by Gasteiger charge is 2.28. The minimum absolute atomic E-state index is 0.0761. The average Bonchev–Trinajstić information content (AvgIpc) is 3.08. The van der Waals surface area contributed by atoms with Crippen LogP contribution in [0.2, 0.25) is 0 Å². The SMILES string of the molecule is CCc1ccccc1NC(=O)c1nc(C(=O)NC(C)CC)c2n1CCCC2. The Bertz CT molecular complexity index is 841. The van der Waals surface area contributed by atoms with Crippen LogP contribution in [0.1, 0.15) is 72.4 Å². The third-order valence-corrected chi connectivity index (χ3v) is 5.17. The highest BCUT2D eigenvalue weighted by molar-refractivity contribution is 6.04. The fourth-order valence-corrected chi connectivity index (χ4v) is 3.42. The summed E-state index contributed by atoms with van der Waals surface area (Å²) >= 11 is 0. The van der Waals surface area contributed by atoms with Crippen molar-refractivity contribution in [2.45, 2.75) is 65.5 Å². The number of para-hydroxylation sites is 1. The number of fused-ring (bicyclic) bond motifs is 1. The molecule has 1 aromatic heterocycles. The molecule has 6 nitrogen and oxygen atoms in total. The van der Waals surface area contributed by atoms with E-state index in [2.05, 4.69) is 22.5 Å². The summed E-state index contributed by atoms with van der Waals surface area (Å²) in [6.07, 6.45) is 4.45. The molecule has 1 aliphatic heterocycles. The second kappa shape index (κ2) is 8.37. The lowest BCUT2D eigenvalue weighted by molar-refractivity contribution is 0.0933. The number of anilines is 1. The van der Waals surface area contributed by atoms with Crippen LogP contribution in [-0.2, 0) is 19.4 Å². The van der Waals surface area contributed by atoms with E-state index in [1.807, 2.05) is 42.7 Å². The minimum atomic E-state index is -0.262. The maximum atomic E-state index is 12.9. The van der Waals surface area contributed by atoms with E-state index in [1.165, 1.54) is 0 Å². The number of amides is 2. The first kappa shape index (κ1) is 19.1. The fraction of sp³-hybridized carbons (Fsp3) is 0.476. The fourth-order valence-electron chi connectivity index (χ4n) is 3.42. The quantitative estimate of drug-likeness (QED) is 0.818. The normalized spacial score (nSPS) is 14.3. The second-order valence-corrected chi connectivity index (χ2v) is 7.09. The number of nitrogens with one attached hydrogen (secondary N) is 2. The summed E-state index contributed by atoms with van der Waals surface area (Å²) in [5.74, 6) is -0.130. The van der Waals surface area contributed by atoms with Crippen LogP contribution in [0, 0.1) is 0 Å². The lowest BCUT2D eigenvalue weighted by Crippen LogP contribution is -2.33. The standard InChI is InChI=1S/C21H28N4O2/c1-4-14(3)22-20(26)18-17-12-8-9-13-25(17)19(24-18)21(27)23-16-11-7-6-10-15(16)5-2/h6-7,10-11,14H,4-5,8-9,12-13H2,1-3H3,(H,22,26)(H,23,27). The molecule has 2 aromatic rings. The van der Waals surface area contributed by atoms with Crippen molar-refractivity contribution in [3.63, 3.8) is 0 Å². The molecule has 0 spiro atoms. The topological polar surface area (TPSA) is 76.0 Å². The van der Waals surface area contributed by atoms with Gasteiger partial charge < -0.3 is 15.2 Å². The van der Waals surface area contributed by atoms with Gasteiger partial charge in [0, 0.05) is 18.3 Å². The smallest absolute Gasteiger partial charge is 0.291 e. The van der Waals surface area contributed by atoms with Crippen molar-refractivity contribution in [2.75, 3.05) is 5.32 Å². The van der Waals surface area contributed by atoms with Crippen LogP contribution in [0.5, 0.6) is 0 Å². The van der Waals surface area contributed by atoms with Gasteiger partial charge in [-0.3, -0.25) is 9.59 Å². The molecule has 2 N–H and O–H groups in total. The van der Waals surface area contributed by atoms with Gasteiger partial charge in [0.15, 0.2) is 5.82 Å². The zero-order valence-corrected chi connectivity index (χ0v) is 16.3. The number of hydrogen-bond acceptors (Lipinski definition) is 3. The molecular weight excluding hydrogens is 340 g/mol. The number of aryl methyl sites for hydroxylation is 1. The van der Waals surface area contributed by atoms with Crippen molar-refractivity contribution >= 4 is 17.5 Å². The van der Waals surface area contributed by atoms with Gasteiger partial charge in [-0.2, -0.15) is 0 Å². The van der Waals surface area contributed by atoms with Crippen LogP contribution >= 0.6 is 0 Å². The Morgan fingerprint density at radius 1 is 1.19 bits per heavy atom. The molecule has 1 aromatic carbocycles. The second-order valence-electron chi connectivity index (χ2n) is 7.09. The molecule has 3 rings (SSSR count). The zero-order valence-electron chi connectivity index (χ0n) is 16.3. The van der Waals surface area contributed by atoms with Crippen LogP contribution in [0.25, 0.3) is 0 Å². The Balaban J connectivity index is 1.91. The molecule has 1 unspecified atom stereocenters. The van der Waals surface area contributed by atoms with Gasteiger partial charge in [0.25, 0.3) is 11.8 Å². The molecule has 144 valence electrons. The third kappa shape index (κ3) is 4.04. The summed E-state index contributed by atoms with van der Waals surface area (Å²) in [5, 5.41) is 5.95. The van der Waals surface area contributed by atoms with Crippen molar-refractivity contribution < 1.29 is 9.59 Å². The molecule has 2 amide bonds. The number of carbonyl (C=O) groups excluding carboxylic acids is 2. The minimum Gasteiger partial charge on any atom is -0.348 e. The van der Waals surface area contributed by atoms with E-state index in [9.17, 15) is 9.59 Å². The molecule has 6 heteroatoms. The monoisotopic (exact) mass is 368 g/mol. The molecule has 2 heterocycles. The van der Waals surface area contributed by atoms with Crippen molar-refractivity contribution in [2.24, 2.45) is 0 Å². The van der Waals surface area contributed by atoms with Gasteiger partial charge in [-0.25, -0.2) is 4.98 Å². The first-order valence-electron chi connectivity index (χ1n) is 9.84. The first-order valence-corrected chi connectivity index (χ1v) is 9.84. The van der Waals surface area contributed by atoms with Crippen molar-refractivity contribution in [3.05, 3.63) is 47.0 Å². The van der Waals surface area contributed by atoms with E-state index in [1.54, 1.807) is 0 Å². The van der Waals surface area contributed by atoms with E-state index >= 15 is 0 Å². The maximum absolute atomic E-state index is 12.9.